The molecule has 0 unspecified atom stereocenters. The van der Waals surface area contributed by atoms with E-state index >= 15 is 0 Å². The van der Waals surface area contributed by atoms with Gasteiger partial charge in [-0.1, -0.05) is 66.2 Å². The normalized spacial score (nSPS) is 15.5. The molecule has 0 saturated carbocycles. The number of thioether (sulfide) groups is 1. The quantitative estimate of drug-likeness (QED) is 0.290. The van der Waals surface area contributed by atoms with Crippen LogP contribution in [0.15, 0.2) is 94.8 Å². The van der Waals surface area contributed by atoms with Gasteiger partial charge in [0.05, 0.1) is 17.7 Å². The maximum atomic E-state index is 12.6. The van der Waals surface area contributed by atoms with E-state index < -0.39 is 0 Å². The molecule has 1 aliphatic rings. The Bertz CT molecular complexity index is 1480. The Balaban J connectivity index is 1.32. The minimum Gasteiger partial charge on any atom is -0.493 e. The molecule has 1 fully saturated rings. The Hall–Kier alpha value is -3.74. The highest BCUT2D eigenvalue weighted by Gasteiger charge is 2.24. The molecule has 0 spiro atoms. The molecule has 0 atom stereocenters. The fourth-order valence-corrected chi connectivity index (χ4v) is 4.69. The van der Waals surface area contributed by atoms with Gasteiger partial charge in [0, 0.05) is 10.6 Å². The summed E-state index contributed by atoms with van der Waals surface area (Å²) in [4.78, 5) is 17.7. The third-order valence-corrected chi connectivity index (χ3v) is 6.72. The number of methoxy groups -OCH3 is 1. The number of rotatable bonds is 6. The predicted molar refractivity (Wildman–Crippen MR) is 144 cm³/mol. The number of halogens is 1. The summed E-state index contributed by atoms with van der Waals surface area (Å²) < 4.78 is 11.4. The molecule has 4 aromatic rings. The Kier molecular flexibility index (Phi) is 6.75. The molecular formula is C28H21ClN2O3S. The molecule has 35 heavy (non-hydrogen) atoms. The molecule has 0 aromatic heterocycles. The summed E-state index contributed by atoms with van der Waals surface area (Å²) in [5.41, 5.74) is 2.49. The highest BCUT2D eigenvalue weighted by molar-refractivity contribution is 8.18. The Morgan fingerprint density at radius 2 is 1.74 bits per heavy atom. The van der Waals surface area contributed by atoms with E-state index in [-0.39, 0.29) is 5.91 Å². The van der Waals surface area contributed by atoms with Crippen molar-refractivity contribution in [3.63, 3.8) is 0 Å². The monoisotopic (exact) mass is 500 g/mol. The number of aliphatic imine (C=N–C) groups is 1. The molecule has 1 aliphatic heterocycles. The van der Waals surface area contributed by atoms with Crippen molar-refractivity contribution in [1.29, 1.82) is 0 Å². The van der Waals surface area contributed by atoms with E-state index in [9.17, 15) is 4.79 Å². The smallest absolute Gasteiger partial charge is 0.264 e. The fraction of sp³-hybridized carbons (Fsp3) is 0.0714. The highest BCUT2D eigenvalue weighted by atomic mass is 35.5. The Labute approximate surface area is 212 Å². The number of benzene rings is 4. The molecule has 5 rings (SSSR count). The van der Waals surface area contributed by atoms with Gasteiger partial charge in [-0.25, -0.2) is 4.99 Å². The lowest BCUT2D eigenvalue weighted by atomic mass is 10.1. The van der Waals surface area contributed by atoms with Crippen LogP contribution in [0, 0.1) is 0 Å². The van der Waals surface area contributed by atoms with Crippen LogP contribution >= 0.6 is 23.4 Å². The maximum Gasteiger partial charge on any atom is 0.264 e. The van der Waals surface area contributed by atoms with Gasteiger partial charge < -0.3 is 14.8 Å². The second kappa shape index (κ2) is 10.3. The van der Waals surface area contributed by atoms with Crippen LogP contribution in [0.4, 0.5) is 5.69 Å². The molecule has 0 bridgehead atoms. The molecule has 1 N–H and O–H groups in total. The summed E-state index contributed by atoms with van der Waals surface area (Å²) in [5.74, 6) is 0.976. The number of amidine groups is 1. The Morgan fingerprint density at radius 3 is 2.57 bits per heavy atom. The van der Waals surface area contributed by atoms with E-state index in [1.165, 1.54) is 11.8 Å². The number of nitrogens with zero attached hydrogens (tertiary/aromatic N) is 1. The molecule has 174 valence electrons. The van der Waals surface area contributed by atoms with Crippen LogP contribution in [-0.4, -0.2) is 18.2 Å². The third-order valence-electron chi connectivity index (χ3n) is 5.44. The second-order valence-corrected chi connectivity index (χ2v) is 9.24. The molecule has 7 heteroatoms. The number of hydrogen-bond acceptors (Lipinski definition) is 5. The van der Waals surface area contributed by atoms with Gasteiger partial charge in [0.2, 0.25) is 0 Å². The molecule has 0 radical (unpaired) electrons. The van der Waals surface area contributed by atoms with Crippen LogP contribution in [0.2, 0.25) is 5.02 Å². The van der Waals surface area contributed by atoms with E-state index in [2.05, 4.69) is 16.4 Å². The lowest BCUT2D eigenvalue weighted by molar-refractivity contribution is -0.115. The zero-order valence-electron chi connectivity index (χ0n) is 18.8. The predicted octanol–water partition coefficient (Wildman–Crippen LogP) is 6.97. The molecule has 5 nitrogen and oxygen atoms in total. The van der Waals surface area contributed by atoms with E-state index in [0.717, 1.165) is 27.6 Å². The van der Waals surface area contributed by atoms with Crippen molar-refractivity contribution in [3.05, 3.63) is 106 Å². The standard InChI is InChI=1S/C28H21ClN2O3S/c1-33-25-14-18(10-13-24(25)34-17-21-8-4-5-9-23(21)29)15-26-27(32)31-28(35-26)30-22-12-11-19-6-2-3-7-20(19)16-22/h2-16H,17H2,1H3,(H,30,31,32). The summed E-state index contributed by atoms with van der Waals surface area (Å²) in [7, 11) is 1.58. The van der Waals surface area contributed by atoms with E-state index in [0.29, 0.717) is 33.2 Å². The van der Waals surface area contributed by atoms with Gasteiger partial charge in [0.1, 0.15) is 6.61 Å². The number of fused-ring (bicyclic) bond motifs is 1. The first kappa shape index (κ1) is 23.0. The average molecular weight is 501 g/mol. The van der Waals surface area contributed by atoms with Crippen molar-refractivity contribution in [2.24, 2.45) is 4.99 Å². The van der Waals surface area contributed by atoms with Crippen molar-refractivity contribution in [3.8, 4) is 11.5 Å². The zero-order chi connectivity index (χ0) is 24.2. The second-order valence-electron chi connectivity index (χ2n) is 7.80. The number of ether oxygens (including phenoxy) is 2. The topological polar surface area (TPSA) is 59.9 Å². The van der Waals surface area contributed by atoms with Gasteiger partial charge in [-0.3, -0.25) is 4.79 Å². The zero-order valence-corrected chi connectivity index (χ0v) is 20.4. The van der Waals surface area contributed by atoms with Gasteiger partial charge in [-0.2, -0.15) is 0 Å². The van der Waals surface area contributed by atoms with Crippen molar-refractivity contribution in [1.82, 2.24) is 5.32 Å². The van der Waals surface area contributed by atoms with Crippen LogP contribution < -0.4 is 14.8 Å². The number of amides is 1. The third kappa shape index (κ3) is 5.34. The van der Waals surface area contributed by atoms with Crippen LogP contribution in [-0.2, 0) is 11.4 Å². The SMILES string of the molecule is COc1cc(C=C2SC(=Nc3ccc4ccccc4c3)NC2=O)ccc1OCc1ccccc1Cl. The molecule has 1 saturated heterocycles. The summed E-state index contributed by atoms with van der Waals surface area (Å²) in [5, 5.41) is 6.28. The lowest BCUT2D eigenvalue weighted by Gasteiger charge is -2.12. The van der Waals surface area contributed by atoms with Crippen molar-refractivity contribution in [2.45, 2.75) is 6.61 Å². The van der Waals surface area contributed by atoms with E-state index in [1.54, 1.807) is 7.11 Å². The van der Waals surface area contributed by atoms with Gasteiger partial charge in [0.15, 0.2) is 16.7 Å². The fourth-order valence-electron chi connectivity index (χ4n) is 3.66. The number of nitrogens with one attached hydrogen (secondary N) is 1. The lowest BCUT2D eigenvalue weighted by Crippen LogP contribution is -2.19. The molecule has 1 amide bonds. The number of carbonyl (C=O) groups is 1. The minimum absolute atomic E-state index is 0.187. The summed E-state index contributed by atoms with van der Waals surface area (Å²) in [6.07, 6.45) is 1.81. The van der Waals surface area contributed by atoms with Gasteiger partial charge >= 0.3 is 0 Å². The largest absolute Gasteiger partial charge is 0.493 e. The first-order chi connectivity index (χ1) is 17.1. The highest BCUT2D eigenvalue weighted by Crippen LogP contribution is 2.33. The van der Waals surface area contributed by atoms with E-state index in [1.807, 2.05) is 84.9 Å². The molecular weight excluding hydrogens is 480 g/mol. The summed E-state index contributed by atoms with van der Waals surface area (Å²) >= 11 is 7.52. The van der Waals surface area contributed by atoms with Crippen molar-refractivity contribution >= 4 is 57.0 Å². The summed E-state index contributed by atoms with van der Waals surface area (Å²) in [6, 6.07) is 27.1. The molecule has 1 heterocycles. The average Bonchev–Trinajstić information content (AvgIpc) is 3.22. The Morgan fingerprint density at radius 1 is 0.943 bits per heavy atom. The molecule has 0 aliphatic carbocycles. The van der Waals surface area contributed by atoms with Crippen molar-refractivity contribution in [2.75, 3.05) is 7.11 Å². The number of hydrogen-bond donors (Lipinski definition) is 1. The van der Waals surface area contributed by atoms with E-state index in [4.69, 9.17) is 21.1 Å². The first-order valence-corrected chi connectivity index (χ1v) is 12.1. The first-order valence-electron chi connectivity index (χ1n) is 10.9. The van der Waals surface area contributed by atoms with Gasteiger partial charge in [0.25, 0.3) is 5.91 Å². The number of carbonyl (C=O) groups excluding carboxylic acids is 1. The van der Waals surface area contributed by atoms with Crippen LogP contribution in [0.3, 0.4) is 0 Å². The minimum atomic E-state index is -0.187. The van der Waals surface area contributed by atoms with Crippen LogP contribution in [0.1, 0.15) is 11.1 Å². The van der Waals surface area contributed by atoms with Gasteiger partial charge in [-0.15, -0.1) is 0 Å². The van der Waals surface area contributed by atoms with Gasteiger partial charge in [-0.05, 0) is 64.5 Å². The van der Waals surface area contributed by atoms with Crippen LogP contribution in [0.25, 0.3) is 16.8 Å². The maximum absolute atomic E-state index is 12.6. The van der Waals surface area contributed by atoms with Crippen molar-refractivity contribution < 1.29 is 14.3 Å². The van der Waals surface area contributed by atoms with Crippen LogP contribution in [0.5, 0.6) is 11.5 Å². The molecule has 4 aromatic carbocycles. The summed E-state index contributed by atoms with van der Waals surface area (Å²) in [6.45, 7) is 0.323.